The van der Waals surface area contributed by atoms with Crippen molar-refractivity contribution in [3.05, 3.63) is 6.92 Å². The van der Waals surface area contributed by atoms with Crippen molar-refractivity contribution < 1.29 is 10.2 Å². The van der Waals surface area contributed by atoms with Crippen LogP contribution in [0.4, 0.5) is 0 Å². The molecule has 0 aliphatic heterocycles. The van der Waals surface area contributed by atoms with Crippen LogP contribution in [-0.2, 0) is 0 Å². The maximum atomic E-state index is 9.23. The number of aliphatic hydroxyl groups is 2. The Labute approximate surface area is 56.5 Å². The third kappa shape index (κ3) is 4.43. The maximum Gasteiger partial charge on any atom is 0.0647 e. The lowest BCUT2D eigenvalue weighted by molar-refractivity contribution is 0.0661. The summed E-state index contributed by atoms with van der Waals surface area (Å²) in [7, 11) is 0. The molecule has 1 atom stereocenters. The Balaban J connectivity index is 3.33. The fraction of sp³-hybridized carbons (Fsp3) is 0.857. The van der Waals surface area contributed by atoms with Gasteiger partial charge in [0.05, 0.1) is 5.60 Å². The van der Waals surface area contributed by atoms with Crippen molar-refractivity contribution in [3.63, 3.8) is 0 Å². The van der Waals surface area contributed by atoms with Gasteiger partial charge >= 0.3 is 0 Å². The van der Waals surface area contributed by atoms with E-state index in [4.69, 9.17) is 5.11 Å². The number of aliphatic hydroxyl groups excluding tert-OH is 1. The molecular weight excluding hydrogens is 116 g/mol. The highest BCUT2D eigenvalue weighted by atomic mass is 16.3. The quantitative estimate of drug-likeness (QED) is 0.590. The molecule has 0 aromatic carbocycles. The van der Waals surface area contributed by atoms with Crippen molar-refractivity contribution >= 4 is 0 Å². The standard InChI is InChI=1S/C7H15O2/c1-3-7(2,9)5-4-6-8/h8-9H,2-6H2,1H3. The highest BCUT2D eigenvalue weighted by Gasteiger charge is 2.15. The molecule has 0 fully saturated rings. The zero-order valence-electron chi connectivity index (χ0n) is 5.93. The molecule has 1 unspecified atom stereocenters. The first kappa shape index (κ1) is 8.92. The number of rotatable bonds is 4. The maximum absolute atomic E-state index is 9.23. The first-order chi connectivity index (χ1) is 4.12. The number of hydrogen-bond acceptors (Lipinski definition) is 2. The predicted molar refractivity (Wildman–Crippen MR) is 36.9 cm³/mol. The van der Waals surface area contributed by atoms with Crippen LogP contribution in [-0.4, -0.2) is 22.4 Å². The third-order valence-electron chi connectivity index (χ3n) is 1.46. The molecule has 0 saturated carbocycles. The van der Waals surface area contributed by atoms with Crippen LogP contribution in [0.5, 0.6) is 0 Å². The van der Waals surface area contributed by atoms with E-state index >= 15 is 0 Å². The van der Waals surface area contributed by atoms with Crippen molar-refractivity contribution in [3.8, 4) is 0 Å². The van der Waals surface area contributed by atoms with Gasteiger partial charge in [-0.05, 0) is 26.2 Å². The Kier molecular flexibility index (Phi) is 3.82. The van der Waals surface area contributed by atoms with Crippen LogP contribution < -0.4 is 0 Å². The molecule has 1 radical (unpaired) electrons. The third-order valence-corrected chi connectivity index (χ3v) is 1.46. The topological polar surface area (TPSA) is 40.5 Å². The van der Waals surface area contributed by atoms with Gasteiger partial charge in [-0.15, -0.1) is 0 Å². The van der Waals surface area contributed by atoms with Crippen LogP contribution in [0.15, 0.2) is 0 Å². The van der Waals surface area contributed by atoms with E-state index in [1.165, 1.54) is 0 Å². The van der Waals surface area contributed by atoms with Gasteiger partial charge < -0.3 is 10.2 Å². The Morgan fingerprint density at radius 1 is 1.56 bits per heavy atom. The average molecular weight is 131 g/mol. The molecule has 0 saturated heterocycles. The molecule has 0 spiro atoms. The number of hydrogen-bond donors (Lipinski definition) is 2. The lowest BCUT2D eigenvalue weighted by Crippen LogP contribution is -2.23. The van der Waals surface area contributed by atoms with Gasteiger partial charge in [0.2, 0.25) is 0 Å². The molecule has 0 aromatic rings. The largest absolute Gasteiger partial charge is 0.396 e. The summed E-state index contributed by atoms with van der Waals surface area (Å²) in [5, 5.41) is 17.6. The Morgan fingerprint density at radius 2 is 2.11 bits per heavy atom. The molecule has 2 heteroatoms. The zero-order valence-corrected chi connectivity index (χ0v) is 5.93. The predicted octanol–water partition coefficient (Wildman–Crippen LogP) is 0.734. The van der Waals surface area contributed by atoms with E-state index in [0.29, 0.717) is 19.3 Å². The fourth-order valence-corrected chi connectivity index (χ4v) is 0.585. The van der Waals surface area contributed by atoms with Gasteiger partial charge in [-0.3, -0.25) is 0 Å². The second kappa shape index (κ2) is 3.85. The van der Waals surface area contributed by atoms with Crippen LogP contribution in [0, 0.1) is 6.92 Å². The van der Waals surface area contributed by atoms with Crippen LogP contribution in [0.2, 0.25) is 0 Å². The molecule has 0 rings (SSSR count). The highest BCUT2D eigenvalue weighted by molar-refractivity contribution is 4.78. The molecule has 0 aliphatic rings. The molecule has 0 aromatic heterocycles. The SMILES string of the molecule is [CH2]C(O)(CC)CCCO. The van der Waals surface area contributed by atoms with Gasteiger partial charge in [0.25, 0.3) is 0 Å². The van der Waals surface area contributed by atoms with Crippen LogP contribution >= 0.6 is 0 Å². The van der Waals surface area contributed by atoms with Crippen molar-refractivity contribution in [1.82, 2.24) is 0 Å². The van der Waals surface area contributed by atoms with Gasteiger partial charge in [-0.2, -0.15) is 0 Å². The summed E-state index contributed by atoms with van der Waals surface area (Å²) in [6, 6.07) is 0. The minimum absolute atomic E-state index is 0.137. The van der Waals surface area contributed by atoms with Gasteiger partial charge in [0, 0.05) is 6.61 Å². The summed E-state index contributed by atoms with van der Waals surface area (Å²) >= 11 is 0. The Morgan fingerprint density at radius 3 is 2.44 bits per heavy atom. The van der Waals surface area contributed by atoms with E-state index in [9.17, 15) is 5.11 Å². The van der Waals surface area contributed by atoms with Gasteiger partial charge in [-0.1, -0.05) is 6.92 Å². The fourth-order valence-electron chi connectivity index (χ4n) is 0.585. The molecule has 9 heavy (non-hydrogen) atoms. The van der Waals surface area contributed by atoms with Gasteiger partial charge in [0.15, 0.2) is 0 Å². The van der Waals surface area contributed by atoms with Crippen molar-refractivity contribution in [1.29, 1.82) is 0 Å². The van der Waals surface area contributed by atoms with E-state index in [1.54, 1.807) is 0 Å². The van der Waals surface area contributed by atoms with E-state index in [0.717, 1.165) is 0 Å². The van der Waals surface area contributed by atoms with Crippen molar-refractivity contribution in [2.24, 2.45) is 0 Å². The molecular formula is C7H15O2. The second-order valence-corrected chi connectivity index (χ2v) is 2.41. The highest BCUT2D eigenvalue weighted by Crippen LogP contribution is 2.14. The van der Waals surface area contributed by atoms with E-state index in [2.05, 4.69) is 6.92 Å². The molecule has 0 amide bonds. The minimum Gasteiger partial charge on any atom is -0.396 e. The van der Waals surface area contributed by atoms with Crippen LogP contribution in [0.3, 0.4) is 0 Å². The lowest BCUT2D eigenvalue weighted by atomic mass is 9.98. The second-order valence-electron chi connectivity index (χ2n) is 2.41. The van der Waals surface area contributed by atoms with Crippen molar-refractivity contribution in [2.45, 2.75) is 31.8 Å². The molecule has 2 nitrogen and oxygen atoms in total. The first-order valence-corrected chi connectivity index (χ1v) is 3.31. The summed E-state index contributed by atoms with van der Waals surface area (Å²) in [6.07, 6.45) is 1.86. The van der Waals surface area contributed by atoms with E-state index in [-0.39, 0.29) is 6.61 Å². The molecule has 0 heterocycles. The summed E-state index contributed by atoms with van der Waals surface area (Å²) in [5.74, 6) is 0. The monoisotopic (exact) mass is 131 g/mol. The van der Waals surface area contributed by atoms with Gasteiger partial charge in [-0.25, -0.2) is 0 Å². The van der Waals surface area contributed by atoms with E-state index in [1.807, 2.05) is 6.92 Å². The summed E-state index contributed by atoms with van der Waals surface area (Å²) in [6.45, 7) is 5.59. The Hall–Kier alpha value is -0.0800. The molecule has 0 aliphatic carbocycles. The van der Waals surface area contributed by atoms with Crippen LogP contribution in [0.25, 0.3) is 0 Å². The Bertz CT molecular complexity index is 69.3. The average Bonchev–Trinajstić information content (AvgIpc) is 1.84. The smallest absolute Gasteiger partial charge is 0.0647 e. The summed E-state index contributed by atoms with van der Waals surface area (Å²) in [4.78, 5) is 0. The van der Waals surface area contributed by atoms with Crippen LogP contribution in [0.1, 0.15) is 26.2 Å². The first-order valence-electron chi connectivity index (χ1n) is 3.31. The van der Waals surface area contributed by atoms with Crippen molar-refractivity contribution in [2.75, 3.05) is 6.61 Å². The summed E-state index contributed by atoms with van der Waals surface area (Å²) in [5.41, 5.74) is -0.817. The summed E-state index contributed by atoms with van der Waals surface area (Å²) < 4.78 is 0. The van der Waals surface area contributed by atoms with Gasteiger partial charge in [0.1, 0.15) is 0 Å². The molecule has 0 bridgehead atoms. The van der Waals surface area contributed by atoms with E-state index < -0.39 is 5.60 Å². The minimum atomic E-state index is -0.817. The molecule has 55 valence electrons. The molecule has 2 N–H and O–H groups in total. The zero-order chi connectivity index (χ0) is 7.33. The lowest BCUT2D eigenvalue weighted by Gasteiger charge is -2.19. The normalized spacial score (nSPS) is 17.3.